The van der Waals surface area contributed by atoms with Gasteiger partial charge < -0.3 is 9.64 Å². The quantitative estimate of drug-likeness (QED) is 0.805. The van der Waals surface area contributed by atoms with E-state index in [0.29, 0.717) is 24.4 Å². The van der Waals surface area contributed by atoms with Crippen LogP contribution in [0.25, 0.3) is 0 Å². The molecule has 1 amide bonds. The number of sulfone groups is 1. The van der Waals surface area contributed by atoms with Crippen LogP contribution in [0.1, 0.15) is 41.4 Å². The van der Waals surface area contributed by atoms with Crippen molar-refractivity contribution in [2.45, 2.75) is 31.6 Å². The van der Waals surface area contributed by atoms with Crippen LogP contribution in [-0.4, -0.2) is 49.2 Å². The van der Waals surface area contributed by atoms with E-state index < -0.39 is 15.1 Å². The Labute approximate surface area is 160 Å². The Balaban J connectivity index is 1.74. The van der Waals surface area contributed by atoms with E-state index in [4.69, 9.17) is 4.74 Å². The van der Waals surface area contributed by atoms with E-state index in [9.17, 15) is 13.2 Å². The smallest absolute Gasteiger partial charge is 0.255 e. The zero-order chi connectivity index (χ0) is 19.4. The Morgan fingerprint density at radius 3 is 2.52 bits per heavy atom. The number of hydrogen-bond donors (Lipinski definition) is 0. The van der Waals surface area contributed by atoms with Gasteiger partial charge in [0.05, 0.1) is 22.7 Å². The van der Waals surface area contributed by atoms with Gasteiger partial charge in [0.25, 0.3) is 5.91 Å². The van der Waals surface area contributed by atoms with E-state index in [2.05, 4.69) is 4.98 Å². The maximum Gasteiger partial charge on any atom is 0.255 e. The van der Waals surface area contributed by atoms with E-state index in [0.717, 1.165) is 5.56 Å². The molecule has 0 spiro atoms. The SMILES string of the molecule is CC(C)Oc1ccc(C(=O)N2CC[C@H](c3ccccc3)S(=O)(=O)CC2)cn1. The number of carbonyl (C=O) groups excluding carboxylic acids is 1. The summed E-state index contributed by atoms with van der Waals surface area (Å²) in [4.78, 5) is 18.5. The Kier molecular flexibility index (Phi) is 5.79. The Morgan fingerprint density at radius 2 is 1.89 bits per heavy atom. The highest BCUT2D eigenvalue weighted by atomic mass is 32.2. The van der Waals surface area contributed by atoms with Gasteiger partial charge >= 0.3 is 0 Å². The summed E-state index contributed by atoms with van der Waals surface area (Å²) in [5.41, 5.74) is 1.21. The third-order valence-corrected chi connectivity index (χ3v) is 6.67. The zero-order valence-electron chi connectivity index (χ0n) is 15.5. The molecule has 0 saturated carbocycles. The van der Waals surface area contributed by atoms with Crippen molar-refractivity contribution in [3.63, 3.8) is 0 Å². The number of hydrogen-bond acceptors (Lipinski definition) is 5. The highest BCUT2D eigenvalue weighted by Crippen LogP contribution is 2.29. The lowest BCUT2D eigenvalue weighted by molar-refractivity contribution is 0.0766. The molecule has 1 atom stereocenters. The molecule has 1 aromatic carbocycles. The van der Waals surface area contributed by atoms with Crippen molar-refractivity contribution in [3.05, 3.63) is 59.8 Å². The predicted molar refractivity (Wildman–Crippen MR) is 103 cm³/mol. The summed E-state index contributed by atoms with van der Waals surface area (Å²) >= 11 is 0. The molecule has 0 aliphatic carbocycles. The molecule has 0 radical (unpaired) electrons. The van der Waals surface area contributed by atoms with Gasteiger partial charge in [0.1, 0.15) is 0 Å². The predicted octanol–water partition coefficient (Wildman–Crippen LogP) is 2.87. The molecule has 1 aliphatic heterocycles. The molecule has 144 valence electrons. The third-order valence-electron chi connectivity index (χ3n) is 4.54. The monoisotopic (exact) mass is 388 g/mol. The highest BCUT2D eigenvalue weighted by molar-refractivity contribution is 7.91. The van der Waals surface area contributed by atoms with Crippen molar-refractivity contribution < 1.29 is 17.9 Å². The van der Waals surface area contributed by atoms with Gasteiger partial charge in [-0.15, -0.1) is 0 Å². The van der Waals surface area contributed by atoms with Crippen LogP contribution in [0.2, 0.25) is 0 Å². The molecule has 3 rings (SSSR count). The lowest BCUT2D eigenvalue weighted by Gasteiger charge is -2.20. The lowest BCUT2D eigenvalue weighted by Crippen LogP contribution is -2.33. The molecule has 0 unspecified atom stereocenters. The number of rotatable bonds is 4. The van der Waals surface area contributed by atoms with Crippen LogP contribution in [0, 0.1) is 0 Å². The van der Waals surface area contributed by atoms with Crippen molar-refractivity contribution in [3.8, 4) is 5.88 Å². The van der Waals surface area contributed by atoms with Crippen molar-refractivity contribution in [1.29, 1.82) is 0 Å². The molecule has 27 heavy (non-hydrogen) atoms. The number of nitrogens with zero attached hydrogens (tertiary/aromatic N) is 2. The van der Waals surface area contributed by atoms with Gasteiger partial charge in [-0.1, -0.05) is 30.3 Å². The second kappa shape index (κ2) is 8.08. The fourth-order valence-electron chi connectivity index (χ4n) is 3.19. The average molecular weight is 388 g/mol. The first-order chi connectivity index (χ1) is 12.9. The van der Waals surface area contributed by atoms with E-state index in [1.165, 1.54) is 6.20 Å². The molecule has 0 N–H and O–H groups in total. The third kappa shape index (κ3) is 4.66. The van der Waals surface area contributed by atoms with Gasteiger partial charge in [0.2, 0.25) is 5.88 Å². The first kappa shape index (κ1) is 19.4. The number of pyridine rings is 1. The molecule has 7 heteroatoms. The minimum absolute atomic E-state index is 0.00443. The topological polar surface area (TPSA) is 76.6 Å². The molecule has 1 fully saturated rings. The van der Waals surface area contributed by atoms with Crippen LogP contribution in [-0.2, 0) is 9.84 Å². The van der Waals surface area contributed by atoms with Gasteiger partial charge in [0.15, 0.2) is 9.84 Å². The molecule has 2 aromatic rings. The van der Waals surface area contributed by atoms with Crippen LogP contribution in [0.3, 0.4) is 0 Å². The normalized spacial score (nSPS) is 19.5. The van der Waals surface area contributed by atoms with Crippen molar-refractivity contribution in [1.82, 2.24) is 9.88 Å². The minimum atomic E-state index is -3.31. The van der Waals surface area contributed by atoms with E-state index in [1.54, 1.807) is 17.0 Å². The Hall–Kier alpha value is -2.41. The number of ether oxygens (including phenoxy) is 1. The Bertz CT molecular complexity index is 880. The molecule has 1 aromatic heterocycles. The summed E-state index contributed by atoms with van der Waals surface area (Å²) < 4.78 is 30.9. The molecule has 6 nitrogen and oxygen atoms in total. The minimum Gasteiger partial charge on any atom is -0.475 e. The van der Waals surface area contributed by atoms with Crippen LogP contribution in [0.5, 0.6) is 5.88 Å². The first-order valence-electron chi connectivity index (χ1n) is 9.05. The van der Waals surface area contributed by atoms with Gasteiger partial charge in [-0.2, -0.15) is 0 Å². The zero-order valence-corrected chi connectivity index (χ0v) is 16.4. The molecule has 0 bridgehead atoms. The first-order valence-corrected chi connectivity index (χ1v) is 10.8. The maximum absolute atomic E-state index is 12.8. The fourth-order valence-corrected chi connectivity index (χ4v) is 4.99. The number of amides is 1. The van der Waals surface area contributed by atoms with E-state index in [-0.39, 0.29) is 24.3 Å². The largest absolute Gasteiger partial charge is 0.475 e. The summed E-state index contributed by atoms with van der Waals surface area (Å²) in [6.07, 6.45) is 1.87. The highest BCUT2D eigenvalue weighted by Gasteiger charge is 2.32. The summed E-state index contributed by atoms with van der Waals surface area (Å²) in [6, 6.07) is 12.5. The molecular weight excluding hydrogens is 364 g/mol. The molecule has 2 heterocycles. The van der Waals surface area contributed by atoms with E-state index in [1.807, 2.05) is 44.2 Å². The summed E-state index contributed by atoms with van der Waals surface area (Å²) in [5.74, 6) is 0.215. The van der Waals surface area contributed by atoms with Crippen LogP contribution >= 0.6 is 0 Å². The van der Waals surface area contributed by atoms with Crippen LogP contribution < -0.4 is 4.74 Å². The second-order valence-corrected chi connectivity index (χ2v) is 9.20. The lowest BCUT2D eigenvalue weighted by atomic mass is 10.1. The number of carbonyl (C=O) groups is 1. The summed E-state index contributed by atoms with van der Waals surface area (Å²) in [5, 5.41) is -0.573. The average Bonchev–Trinajstić information content (AvgIpc) is 2.80. The van der Waals surface area contributed by atoms with Crippen LogP contribution in [0.15, 0.2) is 48.7 Å². The fraction of sp³-hybridized carbons (Fsp3) is 0.400. The van der Waals surface area contributed by atoms with Gasteiger partial charge in [0, 0.05) is 25.4 Å². The van der Waals surface area contributed by atoms with Gasteiger partial charge in [-0.3, -0.25) is 4.79 Å². The van der Waals surface area contributed by atoms with Gasteiger partial charge in [-0.25, -0.2) is 13.4 Å². The number of benzene rings is 1. The van der Waals surface area contributed by atoms with Crippen molar-refractivity contribution in [2.75, 3.05) is 18.8 Å². The van der Waals surface area contributed by atoms with Crippen LogP contribution in [0.4, 0.5) is 0 Å². The molecular formula is C20H24N2O4S. The summed E-state index contributed by atoms with van der Waals surface area (Å²) in [7, 11) is -3.31. The second-order valence-electron chi connectivity index (χ2n) is 6.90. The van der Waals surface area contributed by atoms with E-state index >= 15 is 0 Å². The summed E-state index contributed by atoms with van der Waals surface area (Å²) in [6.45, 7) is 4.39. The molecule has 1 aliphatic rings. The number of aromatic nitrogens is 1. The maximum atomic E-state index is 12.8. The standard InChI is InChI=1S/C20H24N2O4S/c1-15(2)26-19-9-8-17(14-21-19)20(23)22-11-10-18(27(24,25)13-12-22)16-6-4-3-5-7-16/h3-9,14-15,18H,10-13H2,1-2H3/t18-/m1/s1. The van der Waals surface area contributed by atoms with Gasteiger partial charge in [-0.05, 0) is 31.9 Å². The van der Waals surface area contributed by atoms with Crippen molar-refractivity contribution >= 4 is 15.7 Å². The Morgan fingerprint density at radius 1 is 1.15 bits per heavy atom. The van der Waals surface area contributed by atoms with Crippen molar-refractivity contribution in [2.24, 2.45) is 0 Å². The molecule has 1 saturated heterocycles.